The number of rotatable bonds is 4. The topological polar surface area (TPSA) is 67.2 Å². The lowest BCUT2D eigenvalue weighted by molar-refractivity contribution is -0.126. The van der Waals surface area contributed by atoms with Crippen LogP contribution in [0.1, 0.15) is 34.6 Å². The molecule has 0 saturated carbocycles. The van der Waals surface area contributed by atoms with Crippen LogP contribution < -0.4 is 16.4 Å². The zero-order valence-corrected chi connectivity index (χ0v) is 10.8. The first-order valence-electron chi connectivity index (χ1n) is 5.34. The third-order valence-corrected chi connectivity index (χ3v) is 2.79. The summed E-state index contributed by atoms with van der Waals surface area (Å²) in [5.41, 5.74) is 5.42. The molecule has 1 atom stereocenters. The van der Waals surface area contributed by atoms with Crippen LogP contribution in [-0.2, 0) is 4.79 Å². The van der Waals surface area contributed by atoms with Gasteiger partial charge < -0.3 is 16.4 Å². The summed E-state index contributed by atoms with van der Waals surface area (Å²) >= 11 is 0. The van der Waals surface area contributed by atoms with Crippen molar-refractivity contribution in [2.24, 2.45) is 11.1 Å². The summed E-state index contributed by atoms with van der Waals surface area (Å²) in [6.07, 6.45) is 0. The van der Waals surface area contributed by atoms with Crippen molar-refractivity contribution < 1.29 is 4.79 Å². The summed E-state index contributed by atoms with van der Waals surface area (Å²) in [4.78, 5) is 11.7. The van der Waals surface area contributed by atoms with Crippen LogP contribution in [0.4, 0.5) is 0 Å². The molecule has 0 bridgehead atoms. The van der Waals surface area contributed by atoms with Crippen LogP contribution in [-0.4, -0.2) is 31.1 Å². The molecular formula is C11H25N3O. The van der Waals surface area contributed by atoms with Crippen molar-refractivity contribution in [1.29, 1.82) is 0 Å². The number of hydrogen-bond donors (Lipinski definition) is 3. The fourth-order valence-electron chi connectivity index (χ4n) is 0.843. The molecule has 0 spiro atoms. The Labute approximate surface area is 93.0 Å². The highest BCUT2D eigenvalue weighted by molar-refractivity contribution is 5.85. The second-order valence-electron chi connectivity index (χ2n) is 5.56. The Morgan fingerprint density at radius 2 is 1.73 bits per heavy atom. The van der Waals surface area contributed by atoms with E-state index in [1.807, 2.05) is 13.8 Å². The molecule has 4 N–H and O–H groups in total. The van der Waals surface area contributed by atoms with Crippen LogP contribution >= 0.6 is 0 Å². The van der Waals surface area contributed by atoms with Crippen molar-refractivity contribution >= 4 is 5.91 Å². The minimum atomic E-state index is -0.544. The molecule has 0 aromatic rings. The monoisotopic (exact) mass is 215 g/mol. The van der Waals surface area contributed by atoms with Crippen molar-refractivity contribution in [3.05, 3.63) is 0 Å². The van der Waals surface area contributed by atoms with Gasteiger partial charge in [0.1, 0.15) is 0 Å². The molecular weight excluding hydrogens is 190 g/mol. The molecule has 1 amide bonds. The van der Waals surface area contributed by atoms with Gasteiger partial charge in [-0.05, 0) is 26.3 Å². The quantitative estimate of drug-likeness (QED) is 0.639. The van der Waals surface area contributed by atoms with Gasteiger partial charge in [0.15, 0.2) is 0 Å². The van der Waals surface area contributed by atoms with Gasteiger partial charge >= 0.3 is 0 Å². The lowest BCUT2D eigenvalue weighted by Gasteiger charge is -2.29. The first-order valence-corrected chi connectivity index (χ1v) is 5.34. The molecule has 90 valence electrons. The average Bonchev–Trinajstić information content (AvgIpc) is 2.11. The zero-order valence-electron chi connectivity index (χ0n) is 10.8. The van der Waals surface area contributed by atoms with Gasteiger partial charge in [0.05, 0.1) is 5.54 Å². The highest BCUT2D eigenvalue weighted by Gasteiger charge is 2.27. The second-order valence-corrected chi connectivity index (χ2v) is 5.56. The van der Waals surface area contributed by atoms with E-state index < -0.39 is 5.54 Å². The molecule has 15 heavy (non-hydrogen) atoms. The number of nitrogens with one attached hydrogen (secondary N) is 2. The molecule has 0 heterocycles. The maximum atomic E-state index is 11.7. The Bertz CT molecular complexity index is 218. The molecule has 0 aromatic heterocycles. The van der Waals surface area contributed by atoms with Gasteiger partial charge in [0.25, 0.3) is 0 Å². The summed E-state index contributed by atoms with van der Waals surface area (Å²) in [7, 11) is 1.77. The van der Waals surface area contributed by atoms with Gasteiger partial charge in [-0.15, -0.1) is 0 Å². The van der Waals surface area contributed by atoms with Gasteiger partial charge in [-0.3, -0.25) is 4.79 Å². The predicted octanol–water partition coefficient (Wildman–Crippen LogP) is 0.474. The number of carbonyl (C=O) groups is 1. The van der Waals surface area contributed by atoms with E-state index in [9.17, 15) is 4.79 Å². The van der Waals surface area contributed by atoms with Crippen LogP contribution in [0.3, 0.4) is 0 Å². The molecule has 0 saturated heterocycles. The van der Waals surface area contributed by atoms with Gasteiger partial charge in [0, 0.05) is 12.6 Å². The van der Waals surface area contributed by atoms with Gasteiger partial charge in [-0.25, -0.2) is 0 Å². The molecule has 0 rings (SSSR count). The Balaban J connectivity index is 4.13. The molecule has 0 aliphatic carbocycles. The first kappa shape index (κ1) is 14.4. The summed E-state index contributed by atoms with van der Waals surface area (Å²) in [6, 6.07) is -0.0332. The van der Waals surface area contributed by atoms with E-state index >= 15 is 0 Å². The fourth-order valence-corrected chi connectivity index (χ4v) is 0.843. The van der Waals surface area contributed by atoms with Gasteiger partial charge in [-0.2, -0.15) is 0 Å². The lowest BCUT2D eigenvalue weighted by atomic mass is 9.87. The van der Waals surface area contributed by atoms with Crippen LogP contribution in [0.2, 0.25) is 0 Å². The molecule has 0 aromatic carbocycles. The van der Waals surface area contributed by atoms with E-state index in [0.29, 0.717) is 6.54 Å². The third kappa shape index (κ3) is 4.62. The van der Waals surface area contributed by atoms with Crippen molar-refractivity contribution in [1.82, 2.24) is 10.6 Å². The van der Waals surface area contributed by atoms with Crippen molar-refractivity contribution in [3.8, 4) is 0 Å². The Hall–Kier alpha value is -0.610. The number of nitrogens with two attached hydrogens (primary N) is 1. The fraction of sp³-hybridized carbons (Fsp3) is 0.909. The van der Waals surface area contributed by atoms with E-state index in [1.165, 1.54) is 0 Å². The molecule has 0 aliphatic heterocycles. The number of carbonyl (C=O) groups excluding carboxylic acids is 1. The Morgan fingerprint density at radius 1 is 1.27 bits per heavy atom. The van der Waals surface area contributed by atoms with E-state index in [2.05, 4.69) is 31.4 Å². The standard InChI is InChI=1S/C11H25N3O/c1-10(2,3)8(12)7-14-9(15)11(4,5)13-6/h8,13H,7,12H2,1-6H3,(H,14,15)/t8-/m1/s1. The maximum absolute atomic E-state index is 11.7. The summed E-state index contributed by atoms with van der Waals surface area (Å²) in [6.45, 7) is 10.4. The highest BCUT2D eigenvalue weighted by Crippen LogP contribution is 2.16. The van der Waals surface area contributed by atoms with E-state index in [1.54, 1.807) is 7.05 Å². The largest absolute Gasteiger partial charge is 0.353 e. The van der Waals surface area contributed by atoms with Crippen LogP contribution in [0.15, 0.2) is 0 Å². The Kier molecular flexibility index (Phi) is 4.74. The van der Waals surface area contributed by atoms with E-state index in [-0.39, 0.29) is 17.4 Å². The molecule has 4 nitrogen and oxygen atoms in total. The minimum absolute atomic E-state index is 0.0110. The van der Waals surface area contributed by atoms with Crippen molar-refractivity contribution in [2.75, 3.05) is 13.6 Å². The zero-order chi connectivity index (χ0) is 12.3. The molecule has 0 fully saturated rings. The average molecular weight is 215 g/mol. The third-order valence-electron chi connectivity index (χ3n) is 2.79. The normalized spacial score (nSPS) is 14.9. The van der Waals surface area contributed by atoms with Crippen LogP contribution in [0.5, 0.6) is 0 Å². The minimum Gasteiger partial charge on any atom is -0.353 e. The summed E-state index contributed by atoms with van der Waals surface area (Å²) in [5, 5.41) is 5.80. The second kappa shape index (κ2) is 4.94. The molecule has 0 aliphatic rings. The first-order chi connectivity index (χ1) is 6.61. The number of likely N-dealkylation sites (N-methyl/N-ethyl adjacent to an activating group) is 1. The maximum Gasteiger partial charge on any atom is 0.239 e. The lowest BCUT2D eigenvalue weighted by Crippen LogP contribution is -2.54. The van der Waals surface area contributed by atoms with E-state index in [4.69, 9.17) is 5.73 Å². The Morgan fingerprint density at radius 3 is 2.07 bits per heavy atom. The highest BCUT2D eigenvalue weighted by atomic mass is 16.2. The number of amides is 1. The van der Waals surface area contributed by atoms with Gasteiger partial charge in [-0.1, -0.05) is 20.8 Å². The van der Waals surface area contributed by atoms with Crippen molar-refractivity contribution in [2.45, 2.75) is 46.2 Å². The number of hydrogen-bond acceptors (Lipinski definition) is 3. The van der Waals surface area contributed by atoms with E-state index in [0.717, 1.165) is 0 Å². The molecule has 0 unspecified atom stereocenters. The van der Waals surface area contributed by atoms with Crippen LogP contribution in [0.25, 0.3) is 0 Å². The summed E-state index contributed by atoms with van der Waals surface area (Å²) < 4.78 is 0. The van der Waals surface area contributed by atoms with Crippen molar-refractivity contribution in [3.63, 3.8) is 0 Å². The summed E-state index contributed by atoms with van der Waals surface area (Å²) in [5.74, 6) is -0.0234. The molecule has 0 radical (unpaired) electrons. The van der Waals surface area contributed by atoms with Gasteiger partial charge in [0.2, 0.25) is 5.91 Å². The van der Waals surface area contributed by atoms with Crippen LogP contribution in [0, 0.1) is 5.41 Å². The molecule has 4 heteroatoms. The smallest absolute Gasteiger partial charge is 0.239 e. The SMILES string of the molecule is CNC(C)(C)C(=O)NC[C@@H](N)C(C)(C)C. The predicted molar refractivity (Wildman–Crippen MR) is 63.6 cm³/mol.